The van der Waals surface area contributed by atoms with Gasteiger partial charge in [0.15, 0.2) is 6.61 Å². The number of carbonyl (C=O) groups is 1. The molecule has 0 N–H and O–H groups in total. The van der Waals surface area contributed by atoms with E-state index in [9.17, 15) is 4.79 Å². The minimum Gasteiger partial charge on any atom is -0.484 e. The third-order valence-corrected chi connectivity index (χ3v) is 4.38. The predicted octanol–water partition coefficient (Wildman–Crippen LogP) is 1.93. The van der Waals surface area contributed by atoms with Crippen molar-refractivity contribution >= 4 is 5.91 Å². The van der Waals surface area contributed by atoms with Crippen LogP contribution in [0.15, 0.2) is 24.3 Å². The summed E-state index contributed by atoms with van der Waals surface area (Å²) in [6, 6.07) is 7.82. The van der Waals surface area contributed by atoms with Gasteiger partial charge in [0.1, 0.15) is 5.75 Å². The van der Waals surface area contributed by atoms with Crippen molar-refractivity contribution in [3.63, 3.8) is 0 Å². The molecule has 1 saturated carbocycles. The van der Waals surface area contributed by atoms with E-state index in [1.165, 1.54) is 19.4 Å². The number of para-hydroxylation sites is 1. The fraction of sp³-hybridized carbons (Fsp3) is 0.588. The zero-order chi connectivity index (χ0) is 14.7. The van der Waals surface area contributed by atoms with E-state index >= 15 is 0 Å². The van der Waals surface area contributed by atoms with Gasteiger partial charge < -0.3 is 9.64 Å². The van der Waals surface area contributed by atoms with Gasteiger partial charge >= 0.3 is 0 Å². The molecule has 0 bridgehead atoms. The number of carbonyl (C=O) groups excluding carboxylic acids is 1. The van der Waals surface area contributed by atoms with Gasteiger partial charge in [-0.05, 0) is 37.3 Å². The highest BCUT2D eigenvalue weighted by Crippen LogP contribution is 2.29. The number of aryl methyl sites for hydroxylation is 1. The maximum atomic E-state index is 12.2. The summed E-state index contributed by atoms with van der Waals surface area (Å²) in [5.74, 6) is 1.83. The lowest BCUT2D eigenvalue weighted by atomic mass is 10.2. The van der Waals surface area contributed by atoms with Crippen LogP contribution in [-0.4, -0.2) is 55.0 Å². The van der Waals surface area contributed by atoms with Gasteiger partial charge in [-0.15, -0.1) is 0 Å². The van der Waals surface area contributed by atoms with Gasteiger partial charge in [-0.2, -0.15) is 0 Å². The Balaban J connectivity index is 1.42. The molecule has 0 aromatic heterocycles. The molecule has 0 atom stereocenters. The molecule has 0 spiro atoms. The van der Waals surface area contributed by atoms with Crippen molar-refractivity contribution in [2.24, 2.45) is 5.92 Å². The highest BCUT2D eigenvalue weighted by atomic mass is 16.5. The van der Waals surface area contributed by atoms with E-state index in [0.717, 1.165) is 43.4 Å². The summed E-state index contributed by atoms with van der Waals surface area (Å²) in [6.45, 7) is 7.05. The first-order valence-electron chi connectivity index (χ1n) is 7.91. The average molecular weight is 288 g/mol. The second-order valence-electron chi connectivity index (χ2n) is 6.18. The van der Waals surface area contributed by atoms with Gasteiger partial charge in [0, 0.05) is 32.7 Å². The van der Waals surface area contributed by atoms with Crippen molar-refractivity contribution < 1.29 is 9.53 Å². The van der Waals surface area contributed by atoms with Gasteiger partial charge in [0.05, 0.1) is 0 Å². The summed E-state index contributed by atoms with van der Waals surface area (Å²) in [5, 5.41) is 0. The molecule has 1 saturated heterocycles. The second-order valence-corrected chi connectivity index (χ2v) is 6.18. The molecule has 1 aromatic rings. The quantitative estimate of drug-likeness (QED) is 0.830. The fourth-order valence-corrected chi connectivity index (χ4v) is 2.79. The van der Waals surface area contributed by atoms with E-state index in [1.807, 2.05) is 36.1 Å². The lowest BCUT2D eigenvalue weighted by molar-refractivity contribution is -0.135. The molecule has 2 aliphatic rings. The number of rotatable bonds is 5. The SMILES string of the molecule is Cc1ccccc1OCC(=O)N1CCN(CC2CC2)CC1. The summed E-state index contributed by atoms with van der Waals surface area (Å²) in [7, 11) is 0. The molecule has 114 valence electrons. The van der Waals surface area contributed by atoms with Gasteiger partial charge in [0.2, 0.25) is 0 Å². The highest BCUT2D eigenvalue weighted by Gasteiger charge is 2.27. The van der Waals surface area contributed by atoms with Crippen molar-refractivity contribution in [3.8, 4) is 5.75 Å². The summed E-state index contributed by atoms with van der Waals surface area (Å²) < 4.78 is 5.65. The van der Waals surface area contributed by atoms with Crippen LogP contribution >= 0.6 is 0 Å². The van der Waals surface area contributed by atoms with Crippen LogP contribution in [0.2, 0.25) is 0 Å². The molecule has 1 aromatic carbocycles. The number of piperazine rings is 1. The summed E-state index contributed by atoms with van der Waals surface area (Å²) in [4.78, 5) is 16.6. The third-order valence-electron chi connectivity index (χ3n) is 4.38. The van der Waals surface area contributed by atoms with Crippen LogP contribution < -0.4 is 4.74 Å². The molecule has 0 unspecified atom stereocenters. The van der Waals surface area contributed by atoms with Crippen molar-refractivity contribution in [3.05, 3.63) is 29.8 Å². The Bertz CT molecular complexity index is 491. The normalized spacial score (nSPS) is 19.6. The van der Waals surface area contributed by atoms with Crippen LogP contribution in [0.3, 0.4) is 0 Å². The van der Waals surface area contributed by atoms with Gasteiger partial charge in [0.25, 0.3) is 5.91 Å². The molecule has 3 rings (SSSR count). The summed E-state index contributed by atoms with van der Waals surface area (Å²) in [6.07, 6.45) is 2.78. The Kier molecular flexibility index (Phi) is 4.44. The van der Waals surface area contributed by atoms with E-state index < -0.39 is 0 Å². The Labute approximate surface area is 126 Å². The Hall–Kier alpha value is -1.55. The molecule has 0 radical (unpaired) electrons. The van der Waals surface area contributed by atoms with Crippen LogP contribution in [0.1, 0.15) is 18.4 Å². The van der Waals surface area contributed by atoms with Crippen LogP contribution in [0, 0.1) is 12.8 Å². The van der Waals surface area contributed by atoms with Crippen LogP contribution in [0.25, 0.3) is 0 Å². The first-order valence-corrected chi connectivity index (χ1v) is 7.91. The van der Waals surface area contributed by atoms with Crippen molar-refractivity contribution in [2.75, 3.05) is 39.3 Å². The first-order chi connectivity index (χ1) is 10.2. The first kappa shape index (κ1) is 14.4. The predicted molar refractivity (Wildman–Crippen MR) is 82.4 cm³/mol. The van der Waals surface area contributed by atoms with E-state index in [2.05, 4.69) is 4.90 Å². The molecule has 1 aliphatic carbocycles. The highest BCUT2D eigenvalue weighted by molar-refractivity contribution is 5.78. The molecule has 2 fully saturated rings. The number of ether oxygens (including phenoxy) is 1. The molecule has 1 aliphatic heterocycles. The topological polar surface area (TPSA) is 32.8 Å². The van der Waals surface area contributed by atoms with Crippen molar-refractivity contribution in [1.29, 1.82) is 0 Å². The summed E-state index contributed by atoms with van der Waals surface area (Å²) >= 11 is 0. The number of hydrogen-bond donors (Lipinski definition) is 0. The zero-order valence-corrected chi connectivity index (χ0v) is 12.8. The molecule has 4 heteroatoms. The van der Waals surface area contributed by atoms with Crippen LogP contribution in [-0.2, 0) is 4.79 Å². The smallest absolute Gasteiger partial charge is 0.260 e. The molecule has 1 heterocycles. The number of nitrogens with zero attached hydrogens (tertiary/aromatic N) is 2. The second kappa shape index (κ2) is 6.48. The number of benzene rings is 1. The van der Waals surface area contributed by atoms with Gasteiger partial charge in [-0.1, -0.05) is 18.2 Å². The molecule has 21 heavy (non-hydrogen) atoms. The van der Waals surface area contributed by atoms with E-state index in [4.69, 9.17) is 4.74 Å². The largest absolute Gasteiger partial charge is 0.484 e. The van der Waals surface area contributed by atoms with Gasteiger partial charge in [-0.25, -0.2) is 0 Å². The fourth-order valence-electron chi connectivity index (χ4n) is 2.79. The maximum absolute atomic E-state index is 12.2. The zero-order valence-electron chi connectivity index (χ0n) is 12.8. The van der Waals surface area contributed by atoms with E-state index in [1.54, 1.807) is 0 Å². The minimum absolute atomic E-state index is 0.101. The standard InChI is InChI=1S/C17H24N2O2/c1-14-4-2-3-5-16(14)21-13-17(20)19-10-8-18(9-11-19)12-15-6-7-15/h2-5,15H,6-13H2,1H3. The van der Waals surface area contributed by atoms with Crippen molar-refractivity contribution in [1.82, 2.24) is 9.80 Å². The minimum atomic E-state index is 0.101. The molecule has 4 nitrogen and oxygen atoms in total. The third kappa shape index (κ3) is 3.97. The van der Waals surface area contributed by atoms with Crippen LogP contribution in [0.4, 0.5) is 0 Å². The summed E-state index contributed by atoms with van der Waals surface area (Å²) in [5.41, 5.74) is 1.07. The lowest BCUT2D eigenvalue weighted by Crippen LogP contribution is -2.50. The Morgan fingerprint density at radius 1 is 1.19 bits per heavy atom. The van der Waals surface area contributed by atoms with Gasteiger partial charge in [-0.3, -0.25) is 9.69 Å². The van der Waals surface area contributed by atoms with Crippen molar-refractivity contribution in [2.45, 2.75) is 19.8 Å². The Morgan fingerprint density at radius 3 is 2.57 bits per heavy atom. The number of hydrogen-bond acceptors (Lipinski definition) is 3. The average Bonchev–Trinajstić information content (AvgIpc) is 3.31. The van der Waals surface area contributed by atoms with E-state index in [-0.39, 0.29) is 12.5 Å². The Morgan fingerprint density at radius 2 is 1.90 bits per heavy atom. The van der Waals surface area contributed by atoms with Crippen LogP contribution in [0.5, 0.6) is 5.75 Å². The van der Waals surface area contributed by atoms with E-state index in [0.29, 0.717) is 0 Å². The monoisotopic (exact) mass is 288 g/mol. The number of amides is 1. The lowest BCUT2D eigenvalue weighted by Gasteiger charge is -2.34. The maximum Gasteiger partial charge on any atom is 0.260 e. The molecular formula is C17H24N2O2. The molecule has 1 amide bonds. The molecular weight excluding hydrogens is 264 g/mol.